The summed E-state index contributed by atoms with van der Waals surface area (Å²) in [5.41, 5.74) is 37.4. The van der Waals surface area contributed by atoms with E-state index >= 15 is 0 Å². The molecule has 0 unspecified atom stereocenters. The summed E-state index contributed by atoms with van der Waals surface area (Å²) < 4.78 is 14.6. The highest BCUT2D eigenvalue weighted by molar-refractivity contribution is 7.00. The smallest absolute Gasteiger partial charge is 0.252 e. The minimum absolute atomic E-state index is 0.273. The Bertz CT molecular complexity index is 6450. The number of ether oxygens (including phenoxy) is 2. The fraction of sp³-hybridized carbons (Fsp3) is 0.0556. The van der Waals surface area contributed by atoms with E-state index in [1.807, 2.05) is 0 Å². The number of benzene rings is 17. The van der Waals surface area contributed by atoms with Crippen LogP contribution >= 0.6 is 0 Å². The van der Waals surface area contributed by atoms with E-state index in [4.69, 9.17) is 9.47 Å². The Morgan fingerprint density at radius 2 is 0.531 bits per heavy atom. The van der Waals surface area contributed by atoms with Crippen molar-refractivity contribution in [3.63, 3.8) is 0 Å². The summed E-state index contributed by atoms with van der Waals surface area (Å²) in [6.07, 6.45) is 0. The lowest BCUT2D eigenvalue weighted by Crippen LogP contribution is -2.61. The Kier molecular flexibility index (Phi) is 14.2. The Labute approximate surface area is 659 Å². The van der Waals surface area contributed by atoms with Gasteiger partial charge in [0, 0.05) is 67.3 Å². The van der Waals surface area contributed by atoms with Gasteiger partial charge in [-0.1, -0.05) is 348 Å². The Morgan fingerprint density at radius 3 is 0.903 bits per heavy atom. The molecule has 2 spiro atoms. The van der Waals surface area contributed by atoms with E-state index < -0.39 is 10.8 Å². The molecule has 23 rings (SSSR count). The van der Waals surface area contributed by atoms with E-state index in [0.29, 0.717) is 0 Å². The number of rotatable bonds is 8. The van der Waals surface area contributed by atoms with Crippen LogP contribution in [0.5, 0.6) is 23.0 Å². The van der Waals surface area contributed by atoms with E-state index in [1.165, 1.54) is 66.5 Å². The van der Waals surface area contributed by atoms with Crippen molar-refractivity contribution in [2.24, 2.45) is 0 Å². The van der Waals surface area contributed by atoms with Gasteiger partial charge in [0.1, 0.15) is 23.0 Å². The molecule has 17 aromatic carbocycles. The van der Waals surface area contributed by atoms with Crippen molar-refractivity contribution < 1.29 is 9.47 Å². The fourth-order valence-electron chi connectivity index (χ4n) is 20.3. The van der Waals surface area contributed by atoms with Gasteiger partial charge in [-0.15, -0.1) is 0 Å². The second kappa shape index (κ2) is 24.8. The molecule has 113 heavy (non-hydrogen) atoms. The molecule has 0 radical (unpaired) electrons. The molecule has 0 atom stereocenters. The molecule has 17 aromatic rings. The molecule has 4 nitrogen and oxygen atoms in total. The van der Waals surface area contributed by atoms with Gasteiger partial charge in [0.05, 0.1) is 22.2 Å². The lowest BCUT2D eigenvalue weighted by Gasteiger charge is -2.46. The fourth-order valence-corrected chi connectivity index (χ4v) is 20.3. The third kappa shape index (κ3) is 9.40. The highest BCUT2D eigenvalue weighted by Gasteiger charge is 2.54. The molecular weight excluding hydrogens is 1370 g/mol. The van der Waals surface area contributed by atoms with Crippen LogP contribution in [-0.2, 0) is 16.2 Å². The second-order valence-corrected chi connectivity index (χ2v) is 32.0. The predicted molar refractivity (Wildman–Crippen MR) is 467 cm³/mol. The average molecular weight is 1440 g/mol. The summed E-state index contributed by atoms with van der Waals surface area (Å²) >= 11 is 0. The topological polar surface area (TPSA) is 24.9 Å². The Balaban J connectivity index is 0.866. The maximum atomic E-state index is 7.29. The molecular formula is C108H73BN2O2. The minimum Gasteiger partial charge on any atom is -0.457 e. The van der Waals surface area contributed by atoms with Crippen molar-refractivity contribution in [1.29, 1.82) is 0 Å². The highest BCUT2D eigenvalue weighted by atomic mass is 16.5. The highest BCUT2D eigenvalue weighted by Crippen LogP contribution is 2.66. The largest absolute Gasteiger partial charge is 0.457 e. The number of nitrogens with zero attached hydrogens (tertiary/aromatic N) is 2. The van der Waals surface area contributed by atoms with Gasteiger partial charge in [-0.05, 0) is 177 Å². The van der Waals surface area contributed by atoms with Crippen LogP contribution in [0.25, 0.3) is 89.0 Å². The van der Waals surface area contributed by atoms with Gasteiger partial charge in [0.2, 0.25) is 0 Å². The Morgan fingerprint density at radius 1 is 0.230 bits per heavy atom. The van der Waals surface area contributed by atoms with Gasteiger partial charge in [-0.2, -0.15) is 0 Å². The van der Waals surface area contributed by atoms with E-state index in [1.54, 1.807) is 0 Å². The third-order valence-electron chi connectivity index (χ3n) is 25.2. The first-order valence-corrected chi connectivity index (χ1v) is 39.5. The van der Waals surface area contributed by atoms with E-state index in [2.05, 4.69) is 419 Å². The first-order valence-electron chi connectivity index (χ1n) is 39.5. The number of hydrogen-bond acceptors (Lipinski definition) is 4. The maximum Gasteiger partial charge on any atom is 0.252 e. The summed E-state index contributed by atoms with van der Waals surface area (Å²) in [5, 5.41) is 0. The number of fused-ring (bicyclic) bond motifs is 22. The lowest BCUT2D eigenvalue weighted by atomic mass is 9.33. The zero-order valence-corrected chi connectivity index (χ0v) is 62.7. The third-order valence-corrected chi connectivity index (χ3v) is 25.2. The van der Waals surface area contributed by atoms with Crippen LogP contribution in [0.15, 0.2) is 388 Å². The van der Waals surface area contributed by atoms with Gasteiger partial charge < -0.3 is 19.3 Å². The molecule has 2 aliphatic carbocycles. The van der Waals surface area contributed by atoms with Gasteiger partial charge in [0.25, 0.3) is 6.71 Å². The first kappa shape index (κ1) is 64.9. The summed E-state index contributed by atoms with van der Waals surface area (Å²) in [6.45, 7) is 6.89. The van der Waals surface area contributed by atoms with E-state index in [9.17, 15) is 0 Å². The van der Waals surface area contributed by atoms with Crippen LogP contribution in [0.4, 0.5) is 34.1 Å². The summed E-state index contributed by atoms with van der Waals surface area (Å²) in [4.78, 5) is 5.39. The maximum absolute atomic E-state index is 7.29. The Hall–Kier alpha value is -14.0. The molecule has 0 fully saturated rings. The molecule has 4 heterocycles. The molecule has 0 N–H and O–H groups in total. The molecule has 6 aliphatic rings. The van der Waals surface area contributed by atoms with Crippen LogP contribution in [0.3, 0.4) is 0 Å². The van der Waals surface area contributed by atoms with Crippen LogP contribution in [-0.4, -0.2) is 6.71 Å². The summed E-state index contributed by atoms with van der Waals surface area (Å²) in [7, 11) is 0. The minimum atomic E-state index is -0.731. The van der Waals surface area contributed by atoms with Gasteiger partial charge in [0.15, 0.2) is 0 Å². The number of para-hydroxylation sites is 4. The van der Waals surface area contributed by atoms with Crippen LogP contribution < -0.4 is 35.7 Å². The van der Waals surface area contributed by atoms with Crippen molar-refractivity contribution >= 4 is 57.2 Å². The quantitative estimate of drug-likeness (QED) is 0.142. The van der Waals surface area contributed by atoms with Crippen LogP contribution in [0.2, 0.25) is 0 Å². The number of hydrogen-bond donors (Lipinski definition) is 0. The zero-order chi connectivity index (χ0) is 74.8. The van der Waals surface area contributed by atoms with E-state index in [-0.39, 0.29) is 12.1 Å². The molecule has 0 saturated heterocycles. The summed E-state index contributed by atoms with van der Waals surface area (Å²) in [6, 6.07) is 146. The van der Waals surface area contributed by atoms with Crippen molar-refractivity contribution in [3.8, 4) is 112 Å². The van der Waals surface area contributed by atoms with E-state index in [0.717, 1.165) is 146 Å². The SMILES string of the molecule is CC(C)(C)c1cc2c3c(c1)N(c1c(-c4ccc5c(c4)C4(c6ccccc6O5)c5ccccc5-c5ccccc54)cccc1-c1ccc4c(c1)C1(c5ccccc5O4)c4ccccc4-c4ccccc41)c1ccc(-c4ccccc4)cc1B3c1cc(-c3ccccc3)ccc1N2c1c(-c2ccccc2)cccc1-c1ccccc1. The van der Waals surface area contributed by atoms with Crippen molar-refractivity contribution in [2.75, 3.05) is 9.80 Å². The van der Waals surface area contributed by atoms with Crippen molar-refractivity contribution in [1.82, 2.24) is 0 Å². The van der Waals surface area contributed by atoms with Gasteiger partial charge in [-0.25, -0.2) is 0 Å². The average Bonchev–Trinajstić information content (AvgIpc) is 1.02. The van der Waals surface area contributed by atoms with Crippen LogP contribution in [0, 0.1) is 0 Å². The molecule has 0 aromatic heterocycles. The standard InChI is InChI=1S/C108H73BN2O2/c1-106(2,3)76-66-97-103-98(67-76)111(96-59-55-73(69-32-10-5-11-33-69)65-94(96)109(103)93-64-72(68-30-8-4-9-31-68)54-58-95(93)110(97)104-77(70-34-12-6-13-35-70)42-28-43-78(104)71-36-14-7-15-37-71)105-79(74-56-60-101-91(62-74)107(89-50-24-26-52-99(89)112-101)85-46-20-16-38-81(85)82-39-17-21-47-86(82)107)44-29-45-80(105)75-57-61-102-92(63-75)108(90-51-25-27-53-100(90)113-102)87-48-22-18-40-83(87)84-41-19-23-49-88(84)108/h4-67H,1-3H3. The zero-order valence-electron chi connectivity index (χ0n) is 62.7. The predicted octanol–water partition coefficient (Wildman–Crippen LogP) is 26.0. The monoisotopic (exact) mass is 1440 g/mol. The molecule has 530 valence electrons. The van der Waals surface area contributed by atoms with Gasteiger partial charge in [-0.3, -0.25) is 0 Å². The molecule has 0 bridgehead atoms. The van der Waals surface area contributed by atoms with Crippen molar-refractivity contribution in [3.05, 3.63) is 438 Å². The lowest BCUT2D eigenvalue weighted by molar-refractivity contribution is 0.436. The normalized spacial score (nSPS) is 14.0. The number of anilines is 6. The summed E-state index contributed by atoms with van der Waals surface area (Å²) in [5.74, 6) is 3.38. The van der Waals surface area contributed by atoms with Crippen LogP contribution in [0.1, 0.15) is 70.8 Å². The first-order chi connectivity index (χ1) is 55.7. The molecule has 5 heteroatoms. The second-order valence-electron chi connectivity index (χ2n) is 32.0. The van der Waals surface area contributed by atoms with Gasteiger partial charge >= 0.3 is 0 Å². The molecule has 4 aliphatic heterocycles. The molecule has 0 saturated carbocycles. The van der Waals surface area contributed by atoms with Crippen molar-refractivity contribution in [2.45, 2.75) is 37.0 Å². The molecule has 0 amide bonds.